The number of hydrogen-bond donors (Lipinski definition) is 0. The van der Waals surface area contributed by atoms with Crippen LogP contribution in [0.1, 0.15) is 24.3 Å². The van der Waals surface area contributed by atoms with Crippen molar-refractivity contribution in [3.8, 4) is 5.75 Å². The minimum atomic E-state index is -0.341. The van der Waals surface area contributed by atoms with Crippen molar-refractivity contribution in [2.24, 2.45) is 0 Å². The summed E-state index contributed by atoms with van der Waals surface area (Å²) in [6.07, 6.45) is 5.80. The van der Waals surface area contributed by atoms with Gasteiger partial charge in [-0.15, -0.1) is 11.3 Å². The van der Waals surface area contributed by atoms with Crippen LogP contribution in [-0.4, -0.2) is 23.7 Å². The van der Waals surface area contributed by atoms with Crippen LogP contribution in [0.2, 0.25) is 0 Å². The first-order chi connectivity index (χ1) is 10.6. The molecule has 0 spiro atoms. The molecule has 1 aromatic carbocycles. The van der Waals surface area contributed by atoms with E-state index in [0.717, 1.165) is 16.2 Å². The molecule has 22 heavy (non-hydrogen) atoms. The molecule has 0 amide bonds. The van der Waals surface area contributed by atoms with E-state index in [1.54, 1.807) is 29.1 Å². The third-order valence-corrected chi connectivity index (χ3v) is 3.58. The maximum atomic E-state index is 11.6. The Morgan fingerprint density at radius 1 is 1.32 bits per heavy atom. The standard InChI is InChI=1S/C17H19NO3S/c1-13(2)21-15-6-3-14(4-7-15)5-8-17(19)20-10-9-16-11-18-12-22-16/h3-8,11-13H,9-10H2,1-2H3/b8-5+. The first-order valence-electron chi connectivity index (χ1n) is 7.12. The Morgan fingerprint density at radius 2 is 2.09 bits per heavy atom. The van der Waals surface area contributed by atoms with Crippen molar-refractivity contribution in [2.75, 3.05) is 6.61 Å². The summed E-state index contributed by atoms with van der Waals surface area (Å²) in [5.41, 5.74) is 2.69. The number of aromatic nitrogens is 1. The minimum absolute atomic E-state index is 0.148. The average Bonchev–Trinajstić information content (AvgIpc) is 2.99. The molecule has 0 fully saturated rings. The van der Waals surface area contributed by atoms with Crippen molar-refractivity contribution >= 4 is 23.4 Å². The molecule has 0 atom stereocenters. The van der Waals surface area contributed by atoms with Crippen molar-refractivity contribution in [1.29, 1.82) is 0 Å². The zero-order chi connectivity index (χ0) is 15.8. The number of thiazole rings is 1. The summed E-state index contributed by atoms with van der Waals surface area (Å²) in [4.78, 5) is 16.7. The molecule has 4 nitrogen and oxygen atoms in total. The number of esters is 1. The lowest BCUT2D eigenvalue weighted by atomic mass is 10.2. The highest BCUT2D eigenvalue weighted by Crippen LogP contribution is 2.14. The summed E-state index contributed by atoms with van der Waals surface area (Å²) in [5, 5.41) is 0. The number of hydrogen-bond acceptors (Lipinski definition) is 5. The first-order valence-corrected chi connectivity index (χ1v) is 8.00. The largest absolute Gasteiger partial charge is 0.491 e. The fraction of sp³-hybridized carbons (Fsp3) is 0.294. The molecular weight excluding hydrogens is 298 g/mol. The SMILES string of the molecule is CC(C)Oc1ccc(/C=C/C(=O)OCCc2cncs2)cc1. The van der Waals surface area contributed by atoms with Crippen molar-refractivity contribution in [2.45, 2.75) is 26.4 Å². The van der Waals surface area contributed by atoms with Gasteiger partial charge >= 0.3 is 5.97 Å². The molecule has 1 aromatic heterocycles. The van der Waals surface area contributed by atoms with E-state index in [-0.39, 0.29) is 12.1 Å². The van der Waals surface area contributed by atoms with Crippen LogP contribution in [0.25, 0.3) is 6.08 Å². The smallest absolute Gasteiger partial charge is 0.330 e. The molecule has 0 aliphatic carbocycles. The van der Waals surface area contributed by atoms with E-state index in [1.165, 1.54) is 6.08 Å². The van der Waals surface area contributed by atoms with Gasteiger partial charge in [-0.3, -0.25) is 4.98 Å². The molecular formula is C17H19NO3S. The van der Waals surface area contributed by atoms with E-state index in [0.29, 0.717) is 13.0 Å². The Morgan fingerprint density at radius 3 is 2.73 bits per heavy atom. The van der Waals surface area contributed by atoms with Crippen LogP contribution in [-0.2, 0) is 16.0 Å². The lowest BCUT2D eigenvalue weighted by Crippen LogP contribution is -2.05. The average molecular weight is 317 g/mol. The molecule has 0 aliphatic heterocycles. The van der Waals surface area contributed by atoms with Gasteiger partial charge in [0.25, 0.3) is 0 Å². The molecule has 0 N–H and O–H groups in total. The van der Waals surface area contributed by atoms with Crippen LogP contribution in [0.4, 0.5) is 0 Å². The first kappa shape index (κ1) is 16.2. The van der Waals surface area contributed by atoms with Gasteiger partial charge in [-0.1, -0.05) is 12.1 Å². The predicted molar refractivity (Wildman–Crippen MR) is 88.0 cm³/mol. The number of carbonyl (C=O) groups excluding carboxylic acids is 1. The van der Waals surface area contributed by atoms with Crippen LogP contribution in [0.5, 0.6) is 5.75 Å². The van der Waals surface area contributed by atoms with Crippen LogP contribution in [0.15, 0.2) is 42.0 Å². The molecule has 0 bridgehead atoms. The summed E-state index contributed by atoms with van der Waals surface area (Å²) in [6.45, 7) is 4.33. The van der Waals surface area contributed by atoms with E-state index >= 15 is 0 Å². The topological polar surface area (TPSA) is 48.4 Å². The Labute approximate surface area is 134 Å². The second-order valence-corrected chi connectivity index (χ2v) is 5.93. The Balaban J connectivity index is 1.76. The van der Waals surface area contributed by atoms with Crippen molar-refractivity contribution in [3.63, 3.8) is 0 Å². The number of rotatable bonds is 7. The van der Waals surface area contributed by atoms with Crippen LogP contribution in [0.3, 0.4) is 0 Å². The van der Waals surface area contributed by atoms with E-state index in [9.17, 15) is 4.79 Å². The molecule has 2 aromatic rings. The summed E-state index contributed by atoms with van der Waals surface area (Å²) in [6, 6.07) is 7.57. The molecule has 0 aliphatic rings. The minimum Gasteiger partial charge on any atom is -0.491 e. The van der Waals surface area contributed by atoms with E-state index < -0.39 is 0 Å². The number of nitrogens with zero attached hydrogens (tertiary/aromatic N) is 1. The van der Waals surface area contributed by atoms with Crippen molar-refractivity contribution < 1.29 is 14.3 Å². The van der Waals surface area contributed by atoms with Gasteiger partial charge in [0.1, 0.15) is 5.75 Å². The highest BCUT2D eigenvalue weighted by molar-refractivity contribution is 7.09. The fourth-order valence-corrected chi connectivity index (χ4v) is 2.34. The van der Waals surface area contributed by atoms with E-state index in [4.69, 9.17) is 9.47 Å². The van der Waals surface area contributed by atoms with Gasteiger partial charge in [0.05, 0.1) is 18.2 Å². The normalized spacial score (nSPS) is 11.0. The second kappa shape index (κ2) is 8.34. The van der Waals surface area contributed by atoms with Gasteiger partial charge in [-0.2, -0.15) is 0 Å². The molecule has 1 heterocycles. The van der Waals surface area contributed by atoms with Crippen LogP contribution < -0.4 is 4.74 Å². The van der Waals surface area contributed by atoms with E-state index in [2.05, 4.69) is 4.98 Å². The summed E-state index contributed by atoms with van der Waals surface area (Å²) in [5.74, 6) is 0.478. The third-order valence-electron chi connectivity index (χ3n) is 2.74. The Kier molecular flexibility index (Phi) is 6.15. The van der Waals surface area contributed by atoms with E-state index in [1.807, 2.05) is 38.1 Å². The van der Waals surface area contributed by atoms with Gasteiger partial charge in [-0.05, 0) is 37.6 Å². The zero-order valence-electron chi connectivity index (χ0n) is 12.7. The number of benzene rings is 1. The summed E-state index contributed by atoms with van der Waals surface area (Å²) >= 11 is 1.56. The maximum Gasteiger partial charge on any atom is 0.330 e. The Bertz CT molecular complexity index is 603. The maximum absolute atomic E-state index is 11.6. The highest BCUT2D eigenvalue weighted by atomic mass is 32.1. The van der Waals surface area contributed by atoms with Gasteiger partial charge in [0, 0.05) is 23.6 Å². The third kappa shape index (κ3) is 5.69. The lowest BCUT2D eigenvalue weighted by molar-refractivity contribution is -0.137. The van der Waals surface area contributed by atoms with Gasteiger partial charge in [0.15, 0.2) is 0 Å². The Hall–Kier alpha value is -2.14. The van der Waals surface area contributed by atoms with Crippen molar-refractivity contribution in [3.05, 3.63) is 52.5 Å². The molecule has 5 heteroatoms. The zero-order valence-corrected chi connectivity index (χ0v) is 13.5. The molecule has 0 saturated carbocycles. The number of carbonyl (C=O) groups is 1. The molecule has 0 saturated heterocycles. The summed E-state index contributed by atoms with van der Waals surface area (Å²) < 4.78 is 10.7. The predicted octanol–water partition coefficient (Wildman–Crippen LogP) is 3.73. The quantitative estimate of drug-likeness (QED) is 0.577. The molecule has 0 unspecified atom stereocenters. The van der Waals surface area contributed by atoms with Gasteiger partial charge in [0.2, 0.25) is 0 Å². The van der Waals surface area contributed by atoms with Gasteiger partial charge in [-0.25, -0.2) is 4.79 Å². The van der Waals surface area contributed by atoms with Crippen molar-refractivity contribution in [1.82, 2.24) is 4.98 Å². The molecule has 0 radical (unpaired) electrons. The summed E-state index contributed by atoms with van der Waals surface area (Å²) in [7, 11) is 0. The van der Waals surface area contributed by atoms with Gasteiger partial charge < -0.3 is 9.47 Å². The lowest BCUT2D eigenvalue weighted by Gasteiger charge is -2.09. The van der Waals surface area contributed by atoms with Crippen LogP contribution in [0, 0.1) is 0 Å². The van der Waals surface area contributed by atoms with Crippen LogP contribution >= 0.6 is 11.3 Å². The second-order valence-electron chi connectivity index (χ2n) is 4.95. The molecule has 2 rings (SSSR count). The highest BCUT2D eigenvalue weighted by Gasteiger charge is 2.00. The number of ether oxygens (including phenoxy) is 2. The molecule has 116 valence electrons. The fourth-order valence-electron chi connectivity index (χ4n) is 1.76. The monoisotopic (exact) mass is 317 g/mol.